The minimum atomic E-state index is -0.244. The summed E-state index contributed by atoms with van der Waals surface area (Å²) in [5.41, 5.74) is 1.98. The van der Waals surface area contributed by atoms with Crippen LogP contribution in [0.25, 0.3) is 10.8 Å². The Balaban J connectivity index is 1.85. The van der Waals surface area contributed by atoms with Crippen LogP contribution in [0.2, 0.25) is 0 Å². The summed E-state index contributed by atoms with van der Waals surface area (Å²) < 4.78 is 13.2. The zero-order valence-corrected chi connectivity index (χ0v) is 11.6. The van der Waals surface area contributed by atoms with E-state index in [-0.39, 0.29) is 11.2 Å². The number of alkyl halides is 1. The first-order valence-corrected chi connectivity index (χ1v) is 7.03. The molecule has 0 N–H and O–H groups in total. The highest BCUT2D eigenvalue weighted by Gasteiger charge is 2.10. The molecule has 3 rings (SSSR count). The first kappa shape index (κ1) is 13.1. The Morgan fingerprint density at radius 3 is 2.45 bits per heavy atom. The number of hydrogen-bond donors (Lipinski definition) is 0. The molecule has 0 heterocycles. The Hall–Kier alpha value is -1.86. The van der Waals surface area contributed by atoms with Gasteiger partial charge in [-0.2, -0.15) is 0 Å². The maximum Gasteiger partial charge on any atom is 0.123 e. The van der Waals surface area contributed by atoms with E-state index in [1.54, 1.807) is 6.07 Å². The van der Waals surface area contributed by atoms with Crippen LogP contribution in [0.5, 0.6) is 0 Å². The van der Waals surface area contributed by atoms with E-state index < -0.39 is 0 Å². The number of halogens is 2. The standard InChI is InChI=1S/C18H14ClF/c19-18(16-6-3-7-17(20)12-16)11-13-8-9-14-4-1-2-5-15(14)10-13/h1-10,12,18H,11H2. The van der Waals surface area contributed by atoms with Gasteiger partial charge in [-0.3, -0.25) is 0 Å². The highest BCUT2D eigenvalue weighted by molar-refractivity contribution is 6.20. The molecule has 0 aliphatic heterocycles. The van der Waals surface area contributed by atoms with Gasteiger partial charge in [0.25, 0.3) is 0 Å². The lowest BCUT2D eigenvalue weighted by atomic mass is 10.0. The second-order valence-corrected chi connectivity index (χ2v) is 5.43. The molecule has 100 valence electrons. The molecule has 0 saturated carbocycles. The normalized spacial score (nSPS) is 12.5. The van der Waals surface area contributed by atoms with Gasteiger partial charge in [0.1, 0.15) is 5.82 Å². The summed E-state index contributed by atoms with van der Waals surface area (Å²) in [6, 6.07) is 21.0. The van der Waals surface area contributed by atoms with Gasteiger partial charge in [0.15, 0.2) is 0 Å². The third-order valence-electron chi connectivity index (χ3n) is 3.44. The molecular formula is C18H14ClF. The zero-order valence-electron chi connectivity index (χ0n) is 10.9. The lowest BCUT2D eigenvalue weighted by Gasteiger charge is -2.11. The monoisotopic (exact) mass is 284 g/mol. The molecule has 3 aromatic carbocycles. The molecule has 0 saturated heterocycles. The molecule has 0 aliphatic rings. The maximum absolute atomic E-state index is 13.2. The van der Waals surface area contributed by atoms with Crippen LogP contribution in [-0.4, -0.2) is 0 Å². The van der Waals surface area contributed by atoms with E-state index >= 15 is 0 Å². The lowest BCUT2D eigenvalue weighted by Crippen LogP contribution is -1.96. The van der Waals surface area contributed by atoms with Crippen LogP contribution in [0, 0.1) is 5.82 Å². The Bertz CT molecular complexity index is 736. The predicted octanol–water partition coefficient (Wildman–Crippen LogP) is 5.50. The molecule has 3 aromatic rings. The molecular weight excluding hydrogens is 271 g/mol. The van der Waals surface area contributed by atoms with Crippen LogP contribution in [-0.2, 0) is 6.42 Å². The number of benzene rings is 3. The van der Waals surface area contributed by atoms with E-state index in [1.807, 2.05) is 18.2 Å². The first-order chi connectivity index (χ1) is 9.72. The molecule has 0 amide bonds. The molecule has 0 fully saturated rings. The second kappa shape index (κ2) is 5.64. The fraction of sp³-hybridized carbons (Fsp3) is 0.111. The van der Waals surface area contributed by atoms with Gasteiger partial charge >= 0.3 is 0 Å². The fourth-order valence-electron chi connectivity index (χ4n) is 2.39. The van der Waals surface area contributed by atoms with Gasteiger partial charge in [-0.15, -0.1) is 11.6 Å². The van der Waals surface area contributed by atoms with Crippen molar-refractivity contribution < 1.29 is 4.39 Å². The second-order valence-electron chi connectivity index (χ2n) is 4.91. The van der Waals surface area contributed by atoms with Crippen molar-refractivity contribution in [2.75, 3.05) is 0 Å². The van der Waals surface area contributed by atoms with Gasteiger partial charge < -0.3 is 0 Å². The topological polar surface area (TPSA) is 0 Å². The lowest BCUT2D eigenvalue weighted by molar-refractivity contribution is 0.624. The van der Waals surface area contributed by atoms with Crippen molar-refractivity contribution in [3.05, 3.63) is 83.7 Å². The van der Waals surface area contributed by atoms with Gasteiger partial charge in [-0.1, -0.05) is 54.6 Å². The highest BCUT2D eigenvalue weighted by Crippen LogP contribution is 2.27. The Kier molecular flexibility index (Phi) is 3.70. The van der Waals surface area contributed by atoms with Crippen molar-refractivity contribution in [1.82, 2.24) is 0 Å². The van der Waals surface area contributed by atoms with Crippen LogP contribution < -0.4 is 0 Å². The number of fused-ring (bicyclic) bond motifs is 1. The minimum Gasteiger partial charge on any atom is -0.207 e. The van der Waals surface area contributed by atoms with E-state index in [0.717, 1.165) is 11.1 Å². The average Bonchev–Trinajstić information content (AvgIpc) is 2.47. The SMILES string of the molecule is Fc1cccc(C(Cl)Cc2ccc3ccccc3c2)c1. The smallest absolute Gasteiger partial charge is 0.123 e. The molecule has 0 spiro atoms. The summed E-state index contributed by atoms with van der Waals surface area (Å²) in [5, 5.41) is 2.20. The summed E-state index contributed by atoms with van der Waals surface area (Å²) in [4.78, 5) is 0. The van der Waals surface area contributed by atoms with Crippen molar-refractivity contribution in [2.45, 2.75) is 11.8 Å². The third-order valence-corrected chi connectivity index (χ3v) is 3.85. The maximum atomic E-state index is 13.2. The van der Waals surface area contributed by atoms with Gasteiger partial charge in [0, 0.05) is 0 Å². The van der Waals surface area contributed by atoms with Crippen molar-refractivity contribution in [3.63, 3.8) is 0 Å². The molecule has 0 bridgehead atoms. The summed E-state index contributed by atoms with van der Waals surface area (Å²) >= 11 is 6.40. The van der Waals surface area contributed by atoms with Crippen LogP contribution in [0.4, 0.5) is 4.39 Å². The van der Waals surface area contributed by atoms with E-state index in [9.17, 15) is 4.39 Å². The molecule has 0 aromatic heterocycles. The molecule has 1 unspecified atom stereocenters. The van der Waals surface area contributed by atoms with E-state index in [0.29, 0.717) is 6.42 Å². The fourth-order valence-corrected chi connectivity index (χ4v) is 2.71. The molecule has 0 radical (unpaired) electrons. The van der Waals surface area contributed by atoms with E-state index in [4.69, 9.17) is 11.6 Å². The van der Waals surface area contributed by atoms with E-state index in [2.05, 4.69) is 30.3 Å². The van der Waals surface area contributed by atoms with Crippen LogP contribution in [0.1, 0.15) is 16.5 Å². The summed E-state index contributed by atoms with van der Waals surface area (Å²) in [7, 11) is 0. The largest absolute Gasteiger partial charge is 0.207 e. The van der Waals surface area contributed by atoms with Crippen LogP contribution in [0.3, 0.4) is 0 Å². The van der Waals surface area contributed by atoms with Crippen molar-refractivity contribution >= 4 is 22.4 Å². The van der Waals surface area contributed by atoms with Crippen molar-refractivity contribution in [3.8, 4) is 0 Å². The first-order valence-electron chi connectivity index (χ1n) is 6.59. The van der Waals surface area contributed by atoms with E-state index in [1.165, 1.54) is 22.9 Å². The molecule has 1 atom stereocenters. The predicted molar refractivity (Wildman–Crippen MR) is 82.6 cm³/mol. The Labute approximate surface area is 122 Å². The zero-order chi connectivity index (χ0) is 13.9. The average molecular weight is 285 g/mol. The molecule has 2 heteroatoms. The minimum absolute atomic E-state index is 0.216. The highest BCUT2D eigenvalue weighted by atomic mass is 35.5. The summed E-state index contributed by atoms with van der Waals surface area (Å²) in [5.74, 6) is -0.244. The quantitative estimate of drug-likeness (QED) is 0.557. The molecule has 20 heavy (non-hydrogen) atoms. The van der Waals surface area contributed by atoms with Gasteiger partial charge in [0.05, 0.1) is 5.38 Å². The summed E-state index contributed by atoms with van der Waals surface area (Å²) in [6.07, 6.45) is 0.690. The molecule has 0 aliphatic carbocycles. The third kappa shape index (κ3) is 2.83. The van der Waals surface area contributed by atoms with Gasteiger partial charge in [-0.25, -0.2) is 4.39 Å². The van der Waals surface area contributed by atoms with Crippen molar-refractivity contribution in [2.24, 2.45) is 0 Å². The summed E-state index contributed by atoms with van der Waals surface area (Å²) in [6.45, 7) is 0. The Morgan fingerprint density at radius 2 is 1.65 bits per heavy atom. The molecule has 0 nitrogen and oxygen atoms in total. The van der Waals surface area contributed by atoms with Crippen LogP contribution >= 0.6 is 11.6 Å². The number of rotatable bonds is 3. The Morgan fingerprint density at radius 1 is 0.850 bits per heavy atom. The van der Waals surface area contributed by atoms with Crippen molar-refractivity contribution in [1.29, 1.82) is 0 Å². The van der Waals surface area contributed by atoms with Gasteiger partial charge in [0.2, 0.25) is 0 Å². The van der Waals surface area contributed by atoms with Gasteiger partial charge in [-0.05, 0) is 40.5 Å². The number of hydrogen-bond acceptors (Lipinski definition) is 0. The van der Waals surface area contributed by atoms with Crippen LogP contribution in [0.15, 0.2) is 66.7 Å².